The van der Waals surface area contributed by atoms with E-state index in [1.807, 2.05) is 71.3 Å². The number of aromatic nitrogens is 4. The lowest BCUT2D eigenvalue weighted by atomic mass is 10.0. The Morgan fingerprint density at radius 2 is 1.85 bits per heavy atom. The average Bonchev–Trinajstić information content (AvgIpc) is 3.31. The summed E-state index contributed by atoms with van der Waals surface area (Å²) in [7, 11) is 1.64. The fourth-order valence-electron chi connectivity index (χ4n) is 3.48. The normalized spacial score (nSPS) is 11.7. The first-order chi connectivity index (χ1) is 16.2. The van der Waals surface area contributed by atoms with Gasteiger partial charge in [-0.05, 0) is 48.4 Å². The van der Waals surface area contributed by atoms with E-state index in [1.54, 1.807) is 19.5 Å². The molecule has 33 heavy (non-hydrogen) atoms. The highest BCUT2D eigenvalue weighted by atomic mass is 32.2. The number of hydrogen-bond donors (Lipinski definition) is 1. The maximum Gasteiger partial charge on any atom is 0.230 e. The molecule has 2 heterocycles. The maximum absolute atomic E-state index is 12.8. The number of nitrogens with zero attached hydrogens (tertiary/aromatic N) is 4. The van der Waals surface area contributed by atoms with Gasteiger partial charge in [0.05, 0.1) is 18.9 Å². The Morgan fingerprint density at radius 1 is 1.06 bits per heavy atom. The van der Waals surface area contributed by atoms with E-state index in [1.165, 1.54) is 11.8 Å². The van der Waals surface area contributed by atoms with Gasteiger partial charge in [-0.3, -0.25) is 14.3 Å². The lowest BCUT2D eigenvalue weighted by molar-refractivity contribution is -0.119. The van der Waals surface area contributed by atoms with Gasteiger partial charge in [0.25, 0.3) is 0 Å². The Kier molecular flexibility index (Phi) is 7.36. The first-order valence-electron chi connectivity index (χ1n) is 10.7. The van der Waals surface area contributed by atoms with Crippen LogP contribution in [0.5, 0.6) is 5.75 Å². The van der Waals surface area contributed by atoms with E-state index in [0.717, 1.165) is 29.0 Å². The van der Waals surface area contributed by atoms with Crippen molar-refractivity contribution < 1.29 is 9.53 Å². The standard InChI is InChI=1S/C25H25N5O2S/c1-3-22(18-11-13-21(32-2)14-12-18)27-23(31)17-33-25-29-28-24(19-8-7-15-26-16-19)30(25)20-9-5-4-6-10-20/h4-16,22H,3,17H2,1-2H3,(H,27,31). The zero-order valence-electron chi connectivity index (χ0n) is 18.5. The van der Waals surface area contributed by atoms with Crippen LogP contribution in [0.25, 0.3) is 17.1 Å². The first-order valence-corrected chi connectivity index (χ1v) is 11.7. The summed E-state index contributed by atoms with van der Waals surface area (Å²) in [6, 6.07) is 21.4. The smallest absolute Gasteiger partial charge is 0.230 e. The Morgan fingerprint density at radius 3 is 2.52 bits per heavy atom. The summed E-state index contributed by atoms with van der Waals surface area (Å²) in [5.74, 6) is 1.64. The minimum atomic E-state index is -0.0676. The van der Waals surface area contributed by atoms with Gasteiger partial charge in [-0.25, -0.2) is 0 Å². The number of carbonyl (C=O) groups is 1. The number of methoxy groups -OCH3 is 1. The second-order valence-corrected chi connectivity index (χ2v) is 8.25. The number of rotatable bonds is 9. The molecule has 7 nitrogen and oxygen atoms in total. The van der Waals surface area contributed by atoms with Crippen molar-refractivity contribution in [3.8, 4) is 22.8 Å². The lowest BCUT2D eigenvalue weighted by Crippen LogP contribution is -2.29. The second-order valence-electron chi connectivity index (χ2n) is 7.31. The maximum atomic E-state index is 12.8. The molecule has 0 radical (unpaired) electrons. The number of ether oxygens (including phenoxy) is 1. The number of nitrogens with one attached hydrogen (secondary N) is 1. The summed E-state index contributed by atoms with van der Waals surface area (Å²) in [6.45, 7) is 2.05. The molecule has 1 atom stereocenters. The summed E-state index contributed by atoms with van der Waals surface area (Å²) >= 11 is 1.36. The van der Waals surface area contributed by atoms with Crippen molar-refractivity contribution in [2.75, 3.05) is 12.9 Å². The molecular weight excluding hydrogens is 434 g/mol. The molecule has 0 aliphatic heterocycles. The third-order valence-corrected chi connectivity index (χ3v) is 6.09. The van der Waals surface area contributed by atoms with E-state index in [0.29, 0.717) is 11.0 Å². The van der Waals surface area contributed by atoms with Gasteiger partial charge in [0.2, 0.25) is 5.91 Å². The van der Waals surface area contributed by atoms with E-state index in [-0.39, 0.29) is 17.7 Å². The predicted octanol–water partition coefficient (Wildman–Crippen LogP) is 4.70. The van der Waals surface area contributed by atoms with E-state index >= 15 is 0 Å². The molecule has 8 heteroatoms. The molecule has 1 amide bonds. The van der Waals surface area contributed by atoms with Crippen LogP contribution in [0, 0.1) is 0 Å². The predicted molar refractivity (Wildman–Crippen MR) is 129 cm³/mol. The van der Waals surface area contributed by atoms with Crippen LogP contribution >= 0.6 is 11.8 Å². The highest BCUT2D eigenvalue weighted by Gasteiger charge is 2.19. The van der Waals surface area contributed by atoms with Crippen LogP contribution in [0.2, 0.25) is 0 Å². The van der Waals surface area contributed by atoms with Crippen LogP contribution in [0.4, 0.5) is 0 Å². The number of pyridine rings is 1. The molecule has 4 aromatic rings. The molecule has 0 aliphatic carbocycles. The van der Waals surface area contributed by atoms with Crippen LogP contribution < -0.4 is 10.1 Å². The Labute approximate surface area is 197 Å². The third kappa shape index (κ3) is 5.40. The fraction of sp³-hybridized carbons (Fsp3) is 0.200. The zero-order valence-corrected chi connectivity index (χ0v) is 19.3. The Balaban J connectivity index is 1.50. The highest BCUT2D eigenvalue weighted by Crippen LogP contribution is 2.28. The molecule has 1 N–H and O–H groups in total. The third-order valence-electron chi connectivity index (χ3n) is 5.16. The number of amides is 1. The van der Waals surface area contributed by atoms with Crippen LogP contribution in [0.3, 0.4) is 0 Å². The molecule has 0 saturated carbocycles. The molecule has 0 saturated heterocycles. The summed E-state index contributed by atoms with van der Waals surface area (Å²) < 4.78 is 7.18. The van der Waals surface area contributed by atoms with Crippen LogP contribution in [0.15, 0.2) is 84.3 Å². The van der Waals surface area contributed by atoms with Crippen LogP contribution in [0.1, 0.15) is 24.9 Å². The van der Waals surface area contributed by atoms with Crippen molar-refractivity contribution in [3.05, 3.63) is 84.7 Å². The minimum absolute atomic E-state index is 0.0618. The van der Waals surface area contributed by atoms with E-state index in [4.69, 9.17) is 4.74 Å². The largest absolute Gasteiger partial charge is 0.497 e. The molecule has 2 aromatic carbocycles. The number of benzene rings is 2. The zero-order chi connectivity index (χ0) is 23.0. The van der Waals surface area contributed by atoms with Crippen molar-refractivity contribution in [2.24, 2.45) is 0 Å². The molecule has 0 spiro atoms. The van der Waals surface area contributed by atoms with Gasteiger partial charge in [0.1, 0.15) is 5.75 Å². The summed E-state index contributed by atoms with van der Waals surface area (Å²) in [5, 5.41) is 12.5. The molecule has 2 aromatic heterocycles. The van der Waals surface area contributed by atoms with Crippen molar-refractivity contribution in [2.45, 2.75) is 24.5 Å². The number of thioether (sulfide) groups is 1. The van der Waals surface area contributed by atoms with Gasteiger partial charge in [0, 0.05) is 23.6 Å². The van der Waals surface area contributed by atoms with Gasteiger partial charge in [0.15, 0.2) is 11.0 Å². The average molecular weight is 460 g/mol. The van der Waals surface area contributed by atoms with E-state index in [2.05, 4.69) is 27.4 Å². The van der Waals surface area contributed by atoms with E-state index < -0.39 is 0 Å². The van der Waals surface area contributed by atoms with Gasteiger partial charge in [-0.2, -0.15) is 0 Å². The molecule has 1 unspecified atom stereocenters. The molecule has 0 aliphatic rings. The molecule has 4 rings (SSSR count). The SMILES string of the molecule is CCC(NC(=O)CSc1nnc(-c2cccnc2)n1-c1ccccc1)c1ccc(OC)cc1. The van der Waals surface area contributed by atoms with Gasteiger partial charge in [-0.1, -0.05) is 49.0 Å². The number of para-hydroxylation sites is 1. The van der Waals surface area contributed by atoms with Crippen molar-refractivity contribution in [3.63, 3.8) is 0 Å². The van der Waals surface area contributed by atoms with Gasteiger partial charge in [-0.15, -0.1) is 10.2 Å². The quantitative estimate of drug-likeness (QED) is 0.366. The highest BCUT2D eigenvalue weighted by molar-refractivity contribution is 7.99. The van der Waals surface area contributed by atoms with E-state index in [9.17, 15) is 4.79 Å². The molecule has 168 valence electrons. The Bertz CT molecular complexity index is 1180. The number of hydrogen-bond acceptors (Lipinski definition) is 6. The number of carbonyl (C=O) groups excluding carboxylic acids is 1. The van der Waals surface area contributed by atoms with Gasteiger partial charge >= 0.3 is 0 Å². The topological polar surface area (TPSA) is 81.9 Å². The van der Waals surface area contributed by atoms with Gasteiger partial charge < -0.3 is 10.1 Å². The molecular formula is C25H25N5O2S. The summed E-state index contributed by atoms with van der Waals surface area (Å²) in [6.07, 6.45) is 4.26. The minimum Gasteiger partial charge on any atom is -0.497 e. The monoisotopic (exact) mass is 459 g/mol. The van der Waals surface area contributed by atoms with Crippen LogP contribution in [-0.4, -0.2) is 38.5 Å². The summed E-state index contributed by atoms with van der Waals surface area (Å²) in [5.41, 5.74) is 2.83. The van der Waals surface area contributed by atoms with Crippen molar-refractivity contribution >= 4 is 17.7 Å². The first kappa shape index (κ1) is 22.5. The second kappa shape index (κ2) is 10.8. The molecule has 0 fully saturated rings. The fourth-order valence-corrected chi connectivity index (χ4v) is 4.24. The Hall–Kier alpha value is -3.65. The van der Waals surface area contributed by atoms with Crippen molar-refractivity contribution in [1.82, 2.24) is 25.1 Å². The molecule has 0 bridgehead atoms. The summed E-state index contributed by atoms with van der Waals surface area (Å²) in [4.78, 5) is 17.0. The van der Waals surface area contributed by atoms with Crippen LogP contribution in [-0.2, 0) is 4.79 Å². The lowest BCUT2D eigenvalue weighted by Gasteiger charge is -2.18. The van der Waals surface area contributed by atoms with Crippen molar-refractivity contribution in [1.29, 1.82) is 0 Å².